The van der Waals surface area contributed by atoms with E-state index in [4.69, 9.17) is 9.15 Å². The molecule has 31 heavy (non-hydrogen) atoms. The Labute approximate surface area is 186 Å². The lowest BCUT2D eigenvalue weighted by Gasteiger charge is -2.08. The summed E-state index contributed by atoms with van der Waals surface area (Å²) in [7, 11) is 3.12. The lowest BCUT2D eigenvalue weighted by atomic mass is 10.0. The zero-order chi connectivity index (χ0) is 21.8. The van der Waals surface area contributed by atoms with Crippen molar-refractivity contribution in [1.29, 1.82) is 0 Å². The number of hydrogen-bond donors (Lipinski definition) is 1. The number of nitrogens with zero attached hydrogens (tertiary/aromatic N) is 3. The number of amides is 1. The summed E-state index contributed by atoms with van der Waals surface area (Å²) in [4.78, 5) is 25.0. The molecule has 4 aromatic rings. The van der Waals surface area contributed by atoms with Crippen LogP contribution >= 0.6 is 23.1 Å². The molecule has 8 nitrogen and oxygen atoms in total. The van der Waals surface area contributed by atoms with Gasteiger partial charge in [0, 0.05) is 18.0 Å². The highest BCUT2D eigenvalue weighted by Crippen LogP contribution is 2.36. The van der Waals surface area contributed by atoms with Crippen LogP contribution in [-0.4, -0.2) is 39.5 Å². The SMILES string of the molecule is COC(=O)c1c(-c2ccccc2)csc1NC(=O)CSc1nnc(-c2ccco2)n1C. The van der Waals surface area contributed by atoms with E-state index in [9.17, 15) is 9.59 Å². The summed E-state index contributed by atoms with van der Waals surface area (Å²) < 4.78 is 12.1. The molecular weight excluding hydrogens is 436 g/mol. The monoisotopic (exact) mass is 454 g/mol. The highest BCUT2D eigenvalue weighted by atomic mass is 32.2. The van der Waals surface area contributed by atoms with Gasteiger partial charge in [0.25, 0.3) is 0 Å². The molecule has 0 radical (unpaired) electrons. The van der Waals surface area contributed by atoms with E-state index in [-0.39, 0.29) is 11.7 Å². The zero-order valence-corrected chi connectivity index (χ0v) is 18.3. The van der Waals surface area contributed by atoms with Crippen LogP contribution in [0.4, 0.5) is 5.00 Å². The van der Waals surface area contributed by atoms with Crippen molar-refractivity contribution >= 4 is 40.0 Å². The Balaban J connectivity index is 1.48. The van der Waals surface area contributed by atoms with E-state index in [1.165, 1.54) is 30.2 Å². The Bertz CT molecular complexity index is 1200. The fourth-order valence-electron chi connectivity index (χ4n) is 2.94. The van der Waals surface area contributed by atoms with E-state index in [0.717, 1.165) is 11.1 Å². The Kier molecular flexibility index (Phi) is 6.19. The minimum atomic E-state index is -0.501. The highest BCUT2D eigenvalue weighted by molar-refractivity contribution is 7.99. The van der Waals surface area contributed by atoms with Crippen LogP contribution in [0.25, 0.3) is 22.7 Å². The minimum Gasteiger partial charge on any atom is -0.465 e. The van der Waals surface area contributed by atoms with Crippen LogP contribution in [0.15, 0.2) is 63.7 Å². The van der Waals surface area contributed by atoms with Gasteiger partial charge in [-0.05, 0) is 17.7 Å². The number of aromatic nitrogens is 3. The Morgan fingerprint density at radius 3 is 2.71 bits per heavy atom. The molecule has 1 amide bonds. The van der Waals surface area contributed by atoms with Crippen molar-refractivity contribution in [2.75, 3.05) is 18.2 Å². The molecule has 0 fully saturated rings. The first-order valence-electron chi connectivity index (χ1n) is 9.19. The summed E-state index contributed by atoms with van der Waals surface area (Å²) in [5.74, 6) is 0.509. The van der Waals surface area contributed by atoms with Gasteiger partial charge in [-0.2, -0.15) is 0 Å². The number of furan rings is 1. The third-order valence-corrected chi connectivity index (χ3v) is 6.34. The molecule has 0 bridgehead atoms. The van der Waals surface area contributed by atoms with Gasteiger partial charge < -0.3 is 19.0 Å². The van der Waals surface area contributed by atoms with Gasteiger partial charge in [-0.15, -0.1) is 21.5 Å². The van der Waals surface area contributed by atoms with Gasteiger partial charge in [0.2, 0.25) is 5.91 Å². The maximum absolute atomic E-state index is 12.6. The van der Waals surface area contributed by atoms with Crippen LogP contribution in [-0.2, 0) is 16.6 Å². The van der Waals surface area contributed by atoms with Gasteiger partial charge >= 0.3 is 5.97 Å². The maximum atomic E-state index is 12.6. The molecule has 0 aliphatic carbocycles. The molecule has 4 rings (SSSR count). The van der Waals surface area contributed by atoms with Crippen LogP contribution in [0.3, 0.4) is 0 Å². The Morgan fingerprint density at radius 2 is 2.00 bits per heavy atom. The van der Waals surface area contributed by atoms with E-state index in [1.807, 2.05) is 35.7 Å². The number of hydrogen-bond acceptors (Lipinski definition) is 8. The average Bonchev–Trinajstić information content (AvgIpc) is 3.53. The van der Waals surface area contributed by atoms with Crippen molar-refractivity contribution < 1.29 is 18.7 Å². The van der Waals surface area contributed by atoms with Crippen LogP contribution in [0, 0.1) is 0 Å². The van der Waals surface area contributed by atoms with Crippen LogP contribution < -0.4 is 5.32 Å². The number of anilines is 1. The van der Waals surface area contributed by atoms with Gasteiger partial charge in [-0.25, -0.2) is 4.79 Å². The van der Waals surface area contributed by atoms with Crippen molar-refractivity contribution in [2.45, 2.75) is 5.16 Å². The summed E-state index contributed by atoms with van der Waals surface area (Å²) in [6.45, 7) is 0. The molecule has 3 heterocycles. The molecule has 0 spiro atoms. The molecule has 1 aromatic carbocycles. The van der Waals surface area contributed by atoms with E-state index < -0.39 is 5.97 Å². The summed E-state index contributed by atoms with van der Waals surface area (Å²) in [5, 5.41) is 13.9. The Morgan fingerprint density at radius 1 is 1.19 bits per heavy atom. The number of ether oxygens (including phenoxy) is 1. The maximum Gasteiger partial charge on any atom is 0.341 e. The number of thiophene rings is 1. The third kappa shape index (κ3) is 4.39. The predicted molar refractivity (Wildman–Crippen MR) is 119 cm³/mol. The van der Waals surface area contributed by atoms with Crippen LogP contribution in [0.2, 0.25) is 0 Å². The molecule has 3 aromatic heterocycles. The molecule has 0 aliphatic heterocycles. The minimum absolute atomic E-state index is 0.101. The number of rotatable bonds is 7. The summed E-state index contributed by atoms with van der Waals surface area (Å²) in [6, 6.07) is 13.1. The molecule has 0 saturated carbocycles. The van der Waals surface area contributed by atoms with Crippen molar-refractivity contribution in [2.24, 2.45) is 7.05 Å². The smallest absolute Gasteiger partial charge is 0.341 e. The molecule has 10 heteroatoms. The third-order valence-electron chi connectivity index (χ3n) is 4.43. The normalized spacial score (nSPS) is 10.8. The quantitative estimate of drug-likeness (QED) is 0.328. The first kappa shape index (κ1) is 20.9. The van der Waals surface area contributed by atoms with Crippen molar-refractivity contribution in [3.05, 3.63) is 59.7 Å². The number of carbonyl (C=O) groups excluding carboxylic acids is 2. The van der Waals surface area contributed by atoms with Gasteiger partial charge in [0.15, 0.2) is 16.7 Å². The van der Waals surface area contributed by atoms with Gasteiger partial charge in [-0.1, -0.05) is 42.1 Å². The van der Waals surface area contributed by atoms with Crippen LogP contribution in [0.5, 0.6) is 0 Å². The second-order valence-electron chi connectivity index (χ2n) is 6.39. The molecule has 0 atom stereocenters. The van der Waals surface area contributed by atoms with Crippen molar-refractivity contribution in [1.82, 2.24) is 14.8 Å². The number of nitrogens with one attached hydrogen (secondary N) is 1. The summed E-state index contributed by atoms with van der Waals surface area (Å²) in [6.07, 6.45) is 1.56. The van der Waals surface area contributed by atoms with E-state index in [0.29, 0.717) is 27.3 Å². The number of benzene rings is 1. The van der Waals surface area contributed by atoms with Crippen molar-refractivity contribution in [3.63, 3.8) is 0 Å². The standard InChI is InChI=1S/C21H18N4O4S2/c1-25-18(15-9-6-10-29-15)23-24-21(25)31-12-16(26)22-19-17(20(27)28-2)14(11-30-19)13-7-4-3-5-8-13/h3-11H,12H2,1-2H3,(H,22,26). The predicted octanol–water partition coefficient (Wildman–Crippen LogP) is 4.32. The van der Waals surface area contributed by atoms with Crippen LogP contribution in [0.1, 0.15) is 10.4 Å². The molecule has 158 valence electrons. The van der Waals surface area contributed by atoms with Gasteiger partial charge in [-0.3, -0.25) is 4.79 Å². The molecule has 0 saturated heterocycles. The number of thioether (sulfide) groups is 1. The largest absolute Gasteiger partial charge is 0.465 e. The topological polar surface area (TPSA) is 99.2 Å². The van der Waals surface area contributed by atoms with Crippen molar-refractivity contribution in [3.8, 4) is 22.7 Å². The van der Waals surface area contributed by atoms with Gasteiger partial charge in [0.1, 0.15) is 10.6 Å². The molecule has 0 unspecified atom stereocenters. The lowest BCUT2D eigenvalue weighted by molar-refractivity contribution is -0.113. The van der Waals surface area contributed by atoms with E-state index in [1.54, 1.807) is 30.0 Å². The number of carbonyl (C=O) groups is 2. The molecule has 0 aliphatic rings. The van der Waals surface area contributed by atoms with Gasteiger partial charge in [0.05, 0.1) is 19.1 Å². The van der Waals surface area contributed by atoms with E-state index in [2.05, 4.69) is 15.5 Å². The second kappa shape index (κ2) is 9.19. The fraction of sp³-hybridized carbons (Fsp3) is 0.143. The van der Waals surface area contributed by atoms with E-state index >= 15 is 0 Å². The Hall–Kier alpha value is -3.37. The molecular formula is C21H18N4O4S2. The first-order chi connectivity index (χ1) is 15.1. The zero-order valence-electron chi connectivity index (χ0n) is 16.7. The first-order valence-corrected chi connectivity index (χ1v) is 11.1. The molecule has 1 N–H and O–H groups in total. The number of methoxy groups -OCH3 is 1. The number of esters is 1. The fourth-order valence-corrected chi connectivity index (χ4v) is 4.62. The highest BCUT2D eigenvalue weighted by Gasteiger charge is 2.22. The summed E-state index contributed by atoms with van der Waals surface area (Å²) in [5.41, 5.74) is 1.94. The summed E-state index contributed by atoms with van der Waals surface area (Å²) >= 11 is 2.52. The lowest BCUT2D eigenvalue weighted by Crippen LogP contribution is -2.16. The second-order valence-corrected chi connectivity index (χ2v) is 8.21. The average molecular weight is 455 g/mol.